The van der Waals surface area contributed by atoms with Gasteiger partial charge >= 0.3 is 0 Å². The third-order valence-corrected chi connectivity index (χ3v) is 9.26. The molecule has 0 saturated carbocycles. The van der Waals surface area contributed by atoms with Crippen molar-refractivity contribution in [3.05, 3.63) is 132 Å². The van der Waals surface area contributed by atoms with E-state index in [4.69, 9.17) is 14.7 Å². The molecule has 0 fully saturated rings. The Labute approximate surface area is 288 Å². The van der Waals surface area contributed by atoms with Crippen LogP contribution in [0.3, 0.4) is 0 Å². The lowest BCUT2D eigenvalue weighted by Crippen LogP contribution is -2.12. The Balaban J connectivity index is 1.27. The van der Waals surface area contributed by atoms with Crippen LogP contribution in [0.5, 0.6) is 11.5 Å². The minimum Gasteiger partial charge on any atom is -0.457 e. The molecular formula is C43H41N5O. The summed E-state index contributed by atoms with van der Waals surface area (Å²) in [5.74, 6) is 3.03. The van der Waals surface area contributed by atoms with Crippen molar-refractivity contribution in [2.45, 2.75) is 65.7 Å². The molecule has 49 heavy (non-hydrogen) atoms. The van der Waals surface area contributed by atoms with Gasteiger partial charge < -0.3 is 9.30 Å². The fourth-order valence-corrected chi connectivity index (χ4v) is 6.65. The number of nitrogens with zero attached hydrogens (tertiary/aromatic N) is 5. The van der Waals surface area contributed by atoms with Gasteiger partial charge in [0.15, 0.2) is 0 Å². The highest BCUT2D eigenvalue weighted by atomic mass is 16.5. The van der Waals surface area contributed by atoms with Gasteiger partial charge in [0, 0.05) is 34.8 Å². The molecule has 6 nitrogen and oxygen atoms in total. The maximum absolute atomic E-state index is 9.66. The topological polar surface area (TPSA) is 68.7 Å². The number of hydrogen-bond donors (Lipinski definition) is 0. The molecule has 3 aromatic heterocycles. The summed E-state index contributed by atoms with van der Waals surface area (Å²) in [5.41, 5.74) is 9.42. The third-order valence-electron chi connectivity index (χ3n) is 9.26. The van der Waals surface area contributed by atoms with Crippen molar-refractivity contribution < 1.29 is 4.74 Å². The molecule has 0 aliphatic carbocycles. The molecule has 0 N–H and O–H groups in total. The van der Waals surface area contributed by atoms with Crippen LogP contribution in [0, 0.1) is 11.3 Å². The number of rotatable bonds is 7. The first-order valence-electron chi connectivity index (χ1n) is 16.9. The number of hydrogen-bond acceptors (Lipinski definition) is 4. The van der Waals surface area contributed by atoms with Gasteiger partial charge in [-0.1, -0.05) is 78.8 Å². The van der Waals surface area contributed by atoms with Gasteiger partial charge in [-0.05, 0) is 88.5 Å². The molecule has 0 aliphatic rings. The van der Waals surface area contributed by atoms with Gasteiger partial charge in [-0.2, -0.15) is 5.26 Å². The van der Waals surface area contributed by atoms with E-state index in [1.54, 1.807) is 0 Å². The van der Waals surface area contributed by atoms with Crippen molar-refractivity contribution in [2.75, 3.05) is 0 Å². The second-order valence-corrected chi connectivity index (χ2v) is 14.4. The molecule has 4 aromatic carbocycles. The summed E-state index contributed by atoms with van der Waals surface area (Å²) >= 11 is 0. The number of aromatic nitrogens is 4. The first-order chi connectivity index (χ1) is 23.5. The van der Waals surface area contributed by atoms with Crippen molar-refractivity contribution >= 4 is 21.8 Å². The Hall–Kier alpha value is -5.67. The highest BCUT2D eigenvalue weighted by Gasteiger charge is 2.20. The molecule has 0 radical (unpaired) electrons. The minimum absolute atomic E-state index is 0.0337. The van der Waals surface area contributed by atoms with Gasteiger partial charge in [0.1, 0.15) is 17.3 Å². The van der Waals surface area contributed by atoms with Gasteiger partial charge in [0.2, 0.25) is 0 Å². The highest BCUT2D eigenvalue weighted by Crippen LogP contribution is 2.37. The number of para-hydroxylation sites is 1. The van der Waals surface area contributed by atoms with Crippen LogP contribution in [0.25, 0.3) is 44.6 Å². The Morgan fingerprint density at radius 1 is 0.735 bits per heavy atom. The number of fused-ring (bicyclic) bond motifs is 3. The Kier molecular flexibility index (Phi) is 8.08. The minimum atomic E-state index is -0.0337. The van der Waals surface area contributed by atoms with Gasteiger partial charge in [0.05, 0.1) is 40.4 Å². The lowest BCUT2D eigenvalue weighted by atomic mass is 9.88. The molecule has 0 atom stereocenters. The van der Waals surface area contributed by atoms with Crippen molar-refractivity contribution in [2.24, 2.45) is 0 Å². The Morgan fingerprint density at radius 3 is 2.18 bits per heavy atom. The van der Waals surface area contributed by atoms with Gasteiger partial charge in [-0.25, -0.2) is 9.97 Å². The number of imidazole rings is 1. The predicted octanol–water partition coefficient (Wildman–Crippen LogP) is 11.2. The molecule has 244 valence electrons. The summed E-state index contributed by atoms with van der Waals surface area (Å²) in [6.45, 7) is 15.6. The van der Waals surface area contributed by atoms with Crippen LogP contribution in [0.4, 0.5) is 0 Å². The van der Waals surface area contributed by atoms with Gasteiger partial charge in [-0.3, -0.25) is 4.57 Å². The monoisotopic (exact) mass is 643 g/mol. The normalized spacial score (nSPS) is 11.9. The molecule has 0 spiro atoms. The smallest absolute Gasteiger partial charge is 0.137 e. The fraction of sp³-hybridized carbons (Fsp3) is 0.233. The SMILES string of the molecule is CC(C)c1cccc(C(C)C)c1-n1cnc(-c2cccc(Oc3ccc4c5cc(C#N)ccc5n(-c5cc(C(C)(C)C)ccn5)c4c3)c2)c1. The average Bonchev–Trinajstić information content (AvgIpc) is 3.70. The zero-order valence-corrected chi connectivity index (χ0v) is 29.2. The summed E-state index contributed by atoms with van der Waals surface area (Å²) in [6, 6.07) is 33.1. The Bertz CT molecular complexity index is 2350. The van der Waals surface area contributed by atoms with Crippen LogP contribution in [0.15, 0.2) is 110 Å². The molecule has 0 saturated heterocycles. The van der Waals surface area contributed by atoms with E-state index in [-0.39, 0.29) is 5.41 Å². The molecule has 7 aromatic rings. The summed E-state index contributed by atoms with van der Waals surface area (Å²) < 4.78 is 10.9. The second kappa shape index (κ2) is 12.4. The molecular weight excluding hydrogens is 603 g/mol. The van der Waals surface area contributed by atoms with E-state index >= 15 is 0 Å². The average molecular weight is 644 g/mol. The molecule has 3 heterocycles. The van der Waals surface area contributed by atoms with E-state index in [1.165, 1.54) is 22.4 Å². The van der Waals surface area contributed by atoms with E-state index in [2.05, 4.69) is 118 Å². The lowest BCUT2D eigenvalue weighted by Gasteiger charge is -2.20. The molecule has 0 amide bonds. The lowest BCUT2D eigenvalue weighted by molar-refractivity contribution is 0.483. The zero-order valence-electron chi connectivity index (χ0n) is 29.2. The van der Waals surface area contributed by atoms with Gasteiger partial charge in [-0.15, -0.1) is 0 Å². The Morgan fingerprint density at radius 2 is 1.47 bits per heavy atom. The van der Waals surface area contributed by atoms with Crippen LogP contribution in [0.2, 0.25) is 0 Å². The van der Waals surface area contributed by atoms with E-state index < -0.39 is 0 Å². The molecule has 0 unspecified atom stereocenters. The largest absolute Gasteiger partial charge is 0.457 e. The van der Waals surface area contributed by atoms with Crippen LogP contribution in [-0.2, 0) is 5.41 Å². The van der Waals surface area contributed by atoms with Crippen molar-refractivity contribution in [1.29, 1.82) is 5.26 Å². The van der Waals surface area contributed by atoms with Crippen molar-refractivity contribution in [3.8, 4) is 40.3 Å². The first-order valence-corrected chi connectivity index (χ1v) is 16.9. The second-order valence-electron chi connectivity index (χ2n) is 14.4. The summed E-state index contributed by atoms with van der Waals surface area (Å²) in [4.78, 5) is 9.63. The third kappa shape index (κ3) is 5.98. The van der Waals surface area contributed by atoms with Crippen LogP contribution in [-0.4, -0.2) is 19.1 Å². The molecule has 6 heteroatoms. The van der Waals surface area contributed by atoms with Crippen LogP contribution in [0.1, 0.15) is 82.6 Å². The molecule has 0 bridgehead atoms. The van der Waals surface area contributed by atoms with Gasteiger partial charge in [0.25, 0.3) is 0 Å². The highest BCUT2D eigenvalue weighted by molar-refractivity contribution is 6.10. The first kappa shape index (κ1) is 31.9. The number of ether oxygens (including phenoxy) is 1. The maximum Gasteiger partial charge on any atom is 0.137 e. The number of pyridine rings is 1. The number of benzene rings is 4. The summed E-state index contributed by atoms with van der Waals surface area (Å²) in [5, 5.41) is 11.7. The summed E-state index contributed by atoms with van der Waals surface area (Å²) in [7, 11) is 0. The van der Waals surface area contributed by atoms with E-state index in [9.17, 15) is 5.26 Å². The predicted molar refractivity (Wildman–Crippen MR) is 199 cm³/mol. The standard InChI is InChI=1S/C43H41N5O/c1-27(2)34-12-9-13-35(28(3)4)42(34)47-25-38(46-26-47)30-10-8-11-32(21-30)49-33-15-16-36-37-20-29(24-44)14-17-39(37)48(40(36)23-33)41-22-31(18-19-45-41)43(5,6)7/h8-23,25-28H,1-7H3. The molecule has 0 aliphatic heterocycles. The fourth-order valence-electron chi connectivity index (χ4n) is 6.65. The van der Waals surface area contributed by atoms with Crippen molar-refractivity contribution in [1.82, 2.24) is 19.1 Å². The summed E-state index contributed by atoms with van der Waals surface area (Å²) in [6.07, 6.45) is 5.91. The van der Waals surface area contributed by atoms with Crippen LogP contribution < -0.4 is 4.74 Å². The van der Waals surface area contributed by atoms with Crippen molar-refractivity contribution in [3.63, 3.8) is 0 Å². The zero-order chi connectivity index (χ0) is 34.4. The quantitative estimate of drug-likeness (QED) is 0.173. The maximum atomic E-state index is 9.66. The van der Waals surface area contributed by atoms with E-state index in [0.717, 1.165) is 44.6 Å². The van der Waals surface area contributed by atoms with Crippen LogP contribution >= 0.6 is 0 Å². The molecule has 7 rings (SSSR count). The number of nitriles is 1. The van der Waals surface area contributed by atoms with E-state index in [0.29, 0.717) is 23.1 Å². The van der Waals surface area contributed by atoms with E-state index in [1.807, 2.05) is 55.0 Å².